The van der Waals surface area contributed by atoms with Crippen LogP contribution in [0.1, 0.15) is 11.1 Å². The number of benzene rings is 1. The molecule has 2 rings (SSSR count). The largest absolute Gasteiger partial charge is 0.367 e. The summed E-state index contributed by atoms with van der Waals surface area (Å²) in [5, 5.41) is 11.0. The van der Waals surface area contributed by atoms with Gasteiger partial charge in [0.15, 0.2) is 0 Å². The van der Waals surface area contributed by atoms with E-state index >= 15 is 0 Å². The first-order chi connectivity index (χ1) is 10.6. The number of carbonyl (C=O) groups excluding carboxylic acids is 1. The molecule has 1 aliphatic heterocycles. The molecular formula is C13H17N3O6S. The Hall–Kier alpha value is -2.04. The Labute approximate surface area is 133 Å². The van der Waals surface area contributed by atoms with E-state index in [1.807, 2.05) is 0 Å². The lowest BCUT2D eigenvalue weighted by Crippen LogP contribution is -2.50. The third kappa shape index (κ3) is 3.33. The molecule has 1 atom stereocenters. The normalized spacial score (nSPS) is 19.5. The number of amides is 1. The zero-order valence-electron chi connectivity index (χ0n) is 12.7. The monoisotopic (exact) mass is 343 g/mol. The quantitative estimate of drug-likeness (QED) is 0.608. The number of nitro groups is 1. The predicted octanol–water partition coefficient (Wildman–Crippen LogP) is 0.0864. The van der Waals surface area contributed by atoms with Crippen molar-refractivity contribution in [3.05, 3.63) is 33.4 Å². The van der Waals surface area contributed by atoms with Crippen molar-refractivity contribution in [2.45, 2.75) is 24.8 Å². The molecule has 1 saturated heterocycles. The van der Waals surface area contributed by atoms with Gasteiger partial charge in [-0.05, 0) is 25.0 Å². The second kappa shape index (κ2) is 6.22. The van der Waals surface area contributed by atoms with E-state index in [2.05, 4.69) is 0 Å². The number of hydrogen-bond acceptors (Lipinski definition) is 6. The van der Waals surface area contributed by atoms with E-state index in [0.717, 1.165) is 10.4 Å². The predicted molar refractivity (Wildman–Crippen MR) is 80.3 cm³/mol. The van der Waals surface area contributed by atoms with Gasteiger partial charge in [-0.3, -0.25) is 14.9 Å². The molecule has 1 heterocycles. The summed E-state index contributed by atoms with van der Waals surface area (Å²) in [5.41, 5.74) is 5.78. The van der Waals surface area contributed by atoms with Gasteiger partial charge in [0.2, 0.25) is 15.9 Å². The highest BCUT2D eigenvalue weighted by atomic mass is 32.2. The van der Waals surface area contributed by atoms with Gasteiger partial charge < -0.3 is 10.5 Å². The van der Waals surface area contributed by atoms with E-state index in [1.54, 1.807) is 13.8 Å². The van der Waals surface area contributed by atoms with Crippen molar-refractivity contribution in [2.24, 2.45) is 5.73 Å². The van der Waals surface area contributed by atoms with Gasteiger partial charge in [-0.2, -0.15) is 4.31 Å². The standard InChI is InChI=1S/C13H17N3O6S/c1-8-5-10(16(18)19)6-12(9(8)2)23(20,21)15-3-4-22-11(7-15)13(14)17/h5-6,11H,3-4,7H2,1-2H3,(H2,14,17)/t11-/m0/s1. The topological polar surface area (TPSA) is 133 Å². The van der Waals surface area contributed by atoms with Gasteiger partial charge in [0.1, 0.15) is 6.10 Å². The molecule has 0 spiro atoms. The number of aryl methyl sites for hydroxylation is 1. The van der Waals surface area contributed by atoms with Crippen LogP contribution in [0.15, 0.2) is 17.0 Å². The Morgan fingerprint density at radius 3 is 2.65 bits per heavy atom. The number of primary amides is 1. The molecule has 126 valence electrons. The van der Waals surface area contributed by atoms with Gasteiger partial charge in [-0.1, -0.05) is 0 Å². The highest BCUT2D eigenvalue weighted by Gasteiger charge is 2.35. The van der Waals surface area contributed by atoms with Gasteiger partial charge in [0.05, 0.1) is 16.4 Å². The molecule has 10 heteroatoms. The number of carbonyl (C=O) groups is 1. The van der Waals surface area contributed by atoms with Crippen molar-refractivity contribution in [2.75, 3.05) is 19.7 Å². The highest BCUT2D eigenvalue weighted by Crippen LogP contribution is 2.28. The third-order valence-corrected chi connectivity index (χ3v) is 5.77. The first kappa shape index (κ1) is 17.3. The van der Waals surface area contributed by atoms with E-state index in [1.165, 1.54) is 6.07 Å². The molecule has 1 amide bonds. The van der Waals surface area contributed by atoms with Crippen LogP contribution in [0.5, 0.6) is 0 Å². The lowest BCUT2D eigenvalue weighted by atomic mass is 10.1. The molecule has 0 bridgehead atoms. The Morgan fingerprint density at radius 1 is 1.43 bits per heavy atom. The van der Waals surface area contributed by atoms with E-state index in [-0.39, 0.29) is 30.3 Å². The Balaban J connectivity index is 2.47. The van der Waals surface area contributed by atoms with E-state index in [4.69, 9.17) is 10.5 Å². The molecule has 0 aliphatic carbocycles. The summed E-state index contributed by atoms with van der Waals surface area (Å²) in [5.74, 6) is -0.753. The lowest BCUT2D eigenvalue weighted by molar-refractivity contribution is -0.385. The molecule has 1 aromatic rings. The minimum absolute atomic E-state index is 0.0276. The molecule has 2 N–H and O–H groups in total. The fourth-order valence-corrected chi connectivity index (χ4v) is 4.08. The Morgan fingerprint density at radius 2 is 2.09 bits per heavy atom. The van der Waals surface area contributed by atoms with E-state index < -0.39 is 27.0 Å². The van der Waals surface area contributed by atoms with Gasteiger partial charge >= 0.3 is 0 Å². The summed E-state index contributed by atoms with van der Waals surface area (Å²) >= 11 is 0. The van der Waals surface area contributed by atoms with Gasteiger partial charge in [0, 0.05) is 25.2 Å². The summed E-state index contributed by atoms with van der Waals surface area (Å²) in [4.78, 5) is 21.4. The van der Waals surface area contributed by atoms with Crippen molar-refractivity contribution in [1.29, 1.82) is 0 Å². The van der Waals surface area contributed by atoms with Gasteiger partial charge in [0.25, 0.3) is 5.69 Å². The first-order valence-corrected chi connectivity index (χ1v) is 8.25. The van der Waals surface area contributed by atoms with Crippen LogP contribution in [-0.4, -0.2) is 49.4 Å². The number of morpholine rings is 1. The number of nitrogens with two attached hydrogens (primary N) is 1. The van der Waals surface area contributed by atoms with E-state index in [9.17, 15) is 23.3 Å². The Bertz CT molecular complexity index is 761. The maximum absolute atomic E-state index is 12.8. The molecule has 1 aromatic carbocycles. The van der Waals surface area contributed by atoms with Crippen molar-refractivity contribution in [3.8, 4) is 0 Å². The van der Waals surface area contributed by atoms with Crippen LogP contribution in [0, 0.1) is 24.0 Å². The van der Waals surface area contributed by atoms with Crippen LogP contribution >= 0.6 is 0 Å². The van der Waals surface area contributed by atoms with Crippen LogP contribution in [-0.2, 0) is 19.6 Å². The third-order valence-electron chi connectivity index (χ3n) is 3.78. The smallest absolute Gasteiger partial charge is 0.271 e. The maximum Gasteiger partial charge on any atom is 0.271 e. The van der Waals surface area contributed by atoms with Crippen LogP contribution in [0.25, 0.3) is 0 Å². The van der Waals surface area contributed by atoms with Crippen LogP contribution in [0.3, 0.4) is 0 Å². The first-order valence-electron chi connectivity index (χ1n) is 6.81. The second-order valence-electron chi connectivity index (χ2n) is 5.27. The molecule has 0 unspecified atom stereocenters. The van der Waals surface area contributed by atoms with Crippen LogP contribution in [0.4, 0.5) is 5.69 Å². The van der Waals surface area contributed by atoms with Crippen molar-refractivity contribution >= 4 is 21.6 Å². The fraction of sp³-hybridized carbons (Fsp3) is 0.462. The summed E-state index contributed by atoms with van der Waals surface area (Å²) in [7, 11) is -4.00. The summed E-state index contributed by atoms with van der Waals surface area (Å²) in [6.07, 6.45) is -1.03. The van der Waals surface area contributed by atoms with Gasteiger partial charge in [-0.25, -0.2) is 8.42 Å². The van der Waals surface area contributed by atoms with Crippen molar-refractivity contribution in [3.63, 3.8) is 0 Å². The van der Waals surface area contributed by atoms with E-state index in [0.29, 0.717) is 11.1 Å². The van der Waals surface area contributed by atoms with Crippen molar-refractivity contribution < 1.29 is 22.9 Å². The fourth-order valence-electron chi connectivity index (χ4n) is 2.34. The number of rotatable bonds is 4. The zero-order valence-corrected chi connectivity index (χ0v) is 13.5. The highest BCUT2D eigenvalue weighted by molar-refractivity contribution is 7.89. The maximum atomic E-state index is 12.8. The Kier molecular flexibility index (Phi) is 4.68. The molecule has 1 fully saturated rings. The van der Waals surface area contributed by atoms with Gasteiger partial charge in [-0.15, -0.1) is 0 Å². The number of non-ortho nitro benzene ring substituents is 1. The molecule has 1 aliphatic rings. The minimum atomic E-state index is -4.00. The molecular weight excluding hydrogens is 326 g/mol. The second-order valence-corrected chi connectivity index (χ2v) is 7.17. The number of nitrogens with zero attached hydrogens (tertiary/aromatic N) is 2. The summed E-state index contributed by atoms with van der Waals surface area (Å²) < 4.78 is 31.8. The molecule has 0 saturated carbocycles. The van der Waals surface area contributed by atoms with Crippen LogP contribution < -0.4 is 5.73 Å². The molecule has 23 heavy (non-hydrogen) atoms. The average Bonchev–Trinajstić information content (AvgIpc) is 2.49. The van der Waals surface area contributed by atoms with Crippen molar-refractivity contribution in [1.82, 2.24) is 4.31 Å². The summed E-state index contributed by atoms with van der Waals surface area (Å²) in [6.45, 7) is 3.05. The molecule has 9 nitrogen and oxygen atoms in total. The number of hydrogen-bond donors (Lipinski definition) is 1. The minimum Gasteiger partial charge on any atom is -0.367 e. The molecule has 0 radical (unpaired) electrons. The van der Waals surface area contributed by atoms with Crippen LogP contribution in [0.2, 0.25) is 0 Å². The average molecular weight is 343 g/mol. The zero-order chi connectivity index (χ0) is 17.4. The summed E-state index contributed by atoms with van der Waals surface area (Å²) in [6, 6.07) is 2.35. The lowest BCUT2D eigenvalue weighted by Gasteiger charge is -2.31. The number of ether oxygens (including phenoxy) is 1. The number of sulfonamides is 1. The molecule has 0 aromatic heterocycles. The number of nitro benzene ring substituents is 1. The SMILES string of the molecule is Cc1cc([N+](=O)[O-])cc(S(=O)(=O)N2CCO[C@H](C(N)=O)C2)c1C.